The number of carbonyl (C=O) groups excluding carboxylic acids is 1. The molecule has 1 aliphatic rings. The topological polar surface area (TPSA) is 67.1 Å². The summed E-state index contributed by atoms with van der Waals surface area (Å²) in [5.74, 6) is -0.0348. The first-order valence-corrected chi connectivity index (χ1v) is 6.24. The summed E-state index contributed by atoms with van der Waals surface area (Å²) in [5.41, 5.74) is 10.7. The number of fused-ring (bicyclic) bond motifs is 1. The number of amides is 1. The Labute approximate surface area is 111 Å². The third-order valence-corrected chi connectivity index (χ3v) is 3.31. The fraction of sp³-hybridized carbons (Fsp3) is 0.133. The van der Waals surface area contributed by atoms with Gasteiger partial charge in [-0.05, 0) is 22.8 Å². The summed E-state index contributed by atoms with van der Waals surface area (Å²) < 4.78 is 0. The van der Waals surface area contributed by atoms with E-state index in [-0.39, 0.29) is 5.91 Å². The van der Waals surface area contributed by atoms with Gasteiger partial charge in [0.15, 0.2) is 0 Å². The van der Waals surface area contributed by atoms with Crippen molar-refractivity contribution in [3.8, 4) is 11.1 Å². The van der Waals surface area contributed by atoms with E-state index in [0.717, 1.165) is 28.1 Å². The molecule has 2 aromatic carbocycles. The normalized spacial score (nSPS) is 13.4. The van der Waals surface area contributed by atoms with Crippen molar-refractivity contribution in [1.82, 2.24) is 0 Å². The highest BCUT2D eigenvalue weighted by Gasteiger charge is 2.19. The van der Waals surface area contributed by atoms with E-state index >= 15 is 0 Å². The fourth-order valence-electron chi connectivity index (χ4n) is 2.40. The molecule has 3 rings (SSSR count). The monoisotopic (exact) mass is 253 g/mol. The zero-order chi connectivity index (χ0) is 13.2. The summed E-state index contributed by atoms with van der Waals surface area (Å²) in [6.07, 6.45) is 0. The molecule has 4 heteroatoms. The molecule has 0 saturated heterocycles. The molecular weight excluding hydrogens is 238 g/mol. The summed E-state index contributed by atoms with van der Waals surface area (Å²) in [4.78, 5) is 11.5. The van der Waals surface area contributed by atoms with E-state index in [1.165, 1.54) is 0 Å². The van der Waals surface area contributed by atoms with Crippen LogP contribution in [0, 0.1) is 0 Å². The minimum Gasteiger partial charge on any atom is -0.374 e. The van der Waals surface area contributed by atoms with Gasteiger partial charge in [-0.3, -0.25) is 4.79 Å². The Bertz CT molecular complexity index is 623. The number of nitrogens with one attached hydrogen (secondary N) is 2. The lowest BCUT2D eigenvalue weighted by atomic mass is 9.96. The van der Waals surface area contributed by atoms with Crippen molar-refractivity contribution in [2.24, 2.45) is 5.73 Å². The molecule has 0 bridgehead atoms. The lowest BCUT2D eigenvalue weighted by molar-refractivity contribution is -0.114. The van der Waals surface area contributed by atoms with Crippen LogP contribution in [-0.2, 0) is 11.3 Å². The van der Waals surface area contributed by atoms with Crippen molar-refractivity contribution in [2.45, 2.75) is 6.54 Å². The van der Waals surface area contributed by atoms with Gasteiger partial charge in [0.1, 0.15) is 0 Å². The Balaban J connectivity index is 2.17. The molecule has 96 valence electrons. The molecule has 1 amide bonds. The maximum atomic E-state index is 11.5. The largest absolute Gasteiger partial charge is 0.374 e. The number of benzene rings is 2. The SMILES string of the molecule is NCc1c(-c2ccccc2)ccc2c1NC(=O)CN2. The van der Waals surface area contributed by atoms with Crippen LogP contribution < -0.4 is 16.4 Å². The molecule has 4 N–H and O–H groups in total. The predicted octanol–water partition coefficient (Wildman–Crippen LogP) is 2.18. The number of hydrogen-bond acceptors (Lipinski definition) is 3. The van der Waals surface area contributed by atoms with Gasteiger partial charge in [0.05, 0.1) is 17.9 Å². The molecule has 0 aromatic heterocycles. The van der Waals surface area contributed by atoms with Gasteiger partial charge < -0.3 is 16.4 Å². The smallest absolute Gasteiger partial charge is 0.243 e. The van der Waals surface area contributed by atoms with Crippen LogP contribution in [-0.4, -0.2) is 12.5 Å². The minimum atomic E-state index is -0.0348. The van der Waals surface area contributed by atoms with Crippen LogP contribution in [0.15, 0.2) is 42.5 Å². The Morgan fingerprint density at radius 2 is 1.89 bits per heavy atom. The van der Waals surface area contributed by atoms with Crippen LogP contribution in [0.2, 0.25) is 0 Å². The maximum absolute atomic E-state index is 11.5. The lowest BCUT2D eigenvalue weighted by Gasteiger charge is -2.23. The minimum absolute atomic E-state index is 0.0348. The third-order valence-electron chi connectivity index (χ3n) is 3.31. The first-order valence-electron chi connectivity index (χ1n) is 6.24. The van der Waals surface area contributed by atoms with Crippen LogP contribution in [0.5, 0.6) is 0 Å². The average molecular weight is 253 g/mol. The molecule has 1 aliphatic heterocycles. The molecule has 0 spiro atoms. The molecule has 19 heavy (non-hydrogen) atoms. The van der Waals surface area contributed by atoms with E-state index in [2.05, 4.69) is 10.6 Å². The second-order valence-corrected chi connectivity index (χ2v) is 4.49. The van der Waals surface area contributed by atoms with Crippen molar-refractivity contribution in [3.05, 3.63) is 48.0 Å². The van der Waals surface area contributed by atoms with Crippen LogP contribution in [0.3, 0.4) is 0 Å². The Morgan fingerprint density at radius 1 is 1.11 bits per heavy atom. The van der Waals surface area contributed by atoms with Gasteiger partial charge >= 0.3 is 0 Å². The fourth-order valence-corrected chi connectivity index (χ4v) is 2.40. The summed E-state index contributed by atoms with van der Waals surface area (Å²) >= 11 is 0. The van der Waals surface area contributed by atoms with E-state index in [1.807, 2.05) is 42.5 Å². The quantitative estimate of drug-likeness (QED) is 0.768. The standard InChI is InChI=1S/C15H15N3O/c16-8-12-11(10-4-2-1-3-5-10)6-7-13-15(12)18-14(19)9-17-13/h1-7,17H,8-9,16H2,(H,18,19). The van der Waals surface area contributed by atoms with Crippen molar-refractivity contribution in [3.63, 3.8) is 0 Å². The Hall–Kier alpha value is -2.33. The second kappa shape index (κ2) is 4.74. The average Bonchev–Trinajstić information content (AvgIpc) is 2.46. The van der Waals surface area contributed by atoms with Gasteiger partial charge in [0.25, 0.3) is 0 Å². The van der Waals surface area contributed by atoms with Crippen molar-refractivity contribution >= 4 is 17.3 Å². The van der Waals surface area contributed by atoms with Crippen molar-refractivity contribution < 1.29 is 4.79 Å². The first-order chi connectivity index (χ1) is 9.29. The lowest BCUT2D eigenvalue weighted by Crippen LogP contribution is -2.28. The Morgan fingerprint density at radius 3 is 2.63 bits per heavy atom. The van der Waals surface area contributed by atoms with E-state index in [1.54, 1.807) is 0 Å². The van der Waals surface area contributed by atoms with Gasteiger partial charge in [0.2, 0.25) is 5.91 Å². The number of hydrogen-bond donors (Lipinski definition) is 3. The van der Waals surface area contributed by atoms with Crippen LogP contribution in [0.1, 0.15) is 5.56 Å². The van der Waals surface area contributed by atoms with Gasteiger partial charge in [-0.25, -0.2) is 0 Å². The maximum Gasteiger partial charge on any atom is 0.243 e. The van der Waals surface area contributed by atoms with E-state index < -0.39 is 0 Å². The van der Waals surface area contributed by atoms with E-state index in [9.17, 15) is 4.79 Å². The Kier molecular flexibility index (Phi) is 2.93. The third kappa shape index (κ3) is 2.06. The van der Waals surface area contributed by atoms with Crippen molar-refractivity contribution in [1.29, 1.82) is 0 Å². The molecule has 4 nitrogen and oxygen atoms in total. The van der Waals surface area contributed by atoms with Crippen LogP contribution >= 0.6 is 0 Å². The predicted molar refractivity (Wildman–Crippen MR) is 76.9 cm³/mol. The van der Waals surface area contributed by atoms with Crippen LogP contribution in [0.4, 0.5) is 11.4 Å². The second-order valence-electron chi connectivity index (χ2n) is 4.49. The number of carbonyl (C=O) groups is 1. The van der Waals surface area contributed by atoms with Crippen LogP contribution in [0.25, 0.3) is 11.1 Å². The molecule has 0 atom stereocenters. The van der Waals surface area contributed by atoms with Crippen molar-refractivity contribution in [2.75, 3.05) is 17.2 Å². The number of anilines is 2. The molecule has 2 aromatic rings. The zero-order valence-electron chi connectivity index (χ0n) is 10.4. The first kappa shape index (κ1) is 11.7. The highest BCUT2D eigenvalue weighted by atomic mass is 16.2. The highest BCUT2D eigenvalue weighted by Crippen LogP contribution is 2.36. The zero-order valence-corrected chi connectivity index (χ0v) is 10.4. The molecule has 0 saturated carbocycles. The van der Waals surface area contributed by atoms with Gasteiger partial charge in [0, 0.05) is 6.54 Å². The highest BCUT2D eigenvalue weighted by molar-refractivity contribution is 6.02. The summed E-state index contributed by atoms with van der Waals surface area (Å²) in [7, 11) is 0. The van der Waals surface area contributed by atoms with E-state index in [4.69, 9.17) is 5.73 Å². The summed E-state index contributed by atoms with van der Waals surface area (Å²) in [6, 6.07) is 14.1. The molecular formula is C15H15N3O. The number of rotatable bonds is 2. The molecule has 0 radical (unpaired) electrons. The molecule has 0 fully saturated rings. The molecule has 1 heterocycles. The number of nitrogens with two attached hydrogens (primary N) is 1. The van der Waals surface area contributed by atoms with Gasteiger partial charge in [-0.1, -0.05) is 36.4 Å². The summed E-state index contributed by atoms with van der Waals surface area (Å²) in [6.45, 7) is 0.692. The molecule has 0 unspecified atom stereocenters. The molecule has 0 aliphatic carbocycles. The van der Waals surface area contributed by atoms with Gasteiger partial charge in [-0.15, -0.1) is 0 Å². The summed E-state index contributed by atoms with van der Waals surface area (Å²) in [5, 5.41) is 6.01. The van der Waals surface area contributed by atoms with E-state index in [0.29, 0.717) is 13.1 Å². The van der Waals surface area contributed by atoms with Gasteiger partial charge in [-0.2, -0.15) is 0 Å².